The molecule has 0 unspecified atom stereocenters. The average Bonchev–Trinajstić information content (AvgIpc) is 3.02. The van der Waals surface area contributed by atoms with E-state index < -0.39 is 150 Å². The van der Waals surface area contributed by atoms with Crippen molar-refractivity contribution >= 4 is 71.6 Å². The number of carboxylic acids is 12. The van der Waals surface area contributed by atoms with Crippen LogP contribution < -0.4 is 6.15 Å². The van der Waals surface area contributed by atoms with Crippen LogP contribution in [0.1, 0.15) is 0 Å². The van der Waals surface area contributed by atoms with Gasteiger partial charge in [-0.05, 0) is 0 Å². The summed E-state index contributed by atoms with van der Waals surface area (Å²) in [6.45, 7) is -6.75. The SMILES string of the molecule is N.O=C(O)CN(CCN(CC(=O)O)CC(=O)O)CC(=O)O.O=C(O)CN(CCN(CC(=O)O)CC(=O)O)CC(=O)O.O=C(O)CN(CCN(CC(=O)O)CC(=O)O)CC(=O)O.[Fe].[Fe].[Fe].[Fe]. The first-order chi connectivity index (χ1) is 27.6. The van der Waals surface area contributed by atoms with E-state index in [1.807, 2.05) is 0 Å². The fourth-order valence-corrected chi connectivity index (χ4v) is 4.43. The summed E-state index contributed by atoms with van der Waals surface area (Å²) in [6.07, 6.45) is 0. The molecule has 0 aliphatic carbocycles. The monoisotopic (exact) mass is 1120 g/mol. The Morgan fingerprint density at radius 2 is 0.262 bits per heavy atom. The second kappa shape index (κ2) is 44.6. The van der Waals surface area contributed by atoms with Crippen molar-refractivity contribution in [3.63, 3.8) is 0 Å². The van der Waals surface area contributed by atoms with Crippen LogP contribution in [0, 0.1) is 0 Å². The molecule has 0 heterocycles. The molecule has 0 aliphatic rings. The third kappa shape index (κ3) is 57.4. The fourth-order valence-electron chi connectivity index (χ4n) is 4.43. The van der Waals surface area contributed by atoms with Crippen LogP contribution in [-0.2, 0) is 126 Å². The standard InChI is InChI=1S/3C10H16N2O8.4Fe.H3N/c3*13-7(14)3-11(4-8(15)16)1-2-12(5-9(17)18)6-10(19)20;;;;;/h3*1-6H2,(H,13,14)(H,15,16)(H,17,18)(H,19,20);;;;;1H3. The Bertz CT molecular complexity index is 1140. The van der Waals surface area contributed by atoms with Crippen LogP contribution in [-0.4, -0.2) is 280 Å². The van der Waals surface area contributed by atoms with Gasteiger partial charge in [0, 0.05) is 108 Å². The van der Waals surface area contributed by atoms with Crippen LogP contribution in [0.5, 0.6) is 0 Å². The molecule has 0 aromatic carbocycles. The largest absolute Gasteiger partial charge is 0.480 e. The molecule has 0 bridgehead atoms. The molecule has 0 amide bonds. The van der Waals surface area contributed by atoms with E-state index in [0.717, 1.165) is 29.4 Å². The van der Waals surface area contributed by atoms with E-state index >= 15 is 0 Å². The molecule has 0 rings (SSSR count). The van der Waals surface area contributed by atoms with Crippen molar-refractivity contribution in [1.82, 2.24) is 35.6 Å². The smallest absolute Gasteiger partial charge is 0.317 e. The van der Waals surface area contributed by atoms with Crippen molar-refractivity contribution in [3.8, 4) is 0 Å². The van der Waals surface area contributed by atoms with Crippen molar-refractivity contribution in [3.05, 3.63) is 0 Å². The Kier molecular flexibility index (Phi) is 53.3. The Hall–Kier alpha value is -4.56. The van der Waals surface area contributed by atoms with E-state index in [9.17, 15) is 57.5 Å². The maximum Gasteiger partial charge on any atom is 0.317 e. The summed E-state index contributed by atoms with van der Waals surface area (Å²) < 4.78 is 0. The average molecular weight is 1120 g/mol. The Balaban J connectivity index is -0.000000120. The summed E-state index contributed by atoms with van der Waals surface area (Å²) in [5.74, 6) is -14.7. The number of nitrogens with zero attached hydrogens (tertiary/aromatic N) is 6. The summed E-state index contributed by atoms with van der Waals surface area (Å²) in [6, 6.07) is 0. The predicted octanol–water partition coefficient (Wildman–Crippen LogP) is -6.06. The molecule has 0 aromatic rings. The molecule has 0 atom stereocenters. The first kappa shape index (κ1) is 77.7. The molecule has 0 aliphatic heterocycles. The molecular weight excluding hydrogens is 1070 g/mol. The van der Waals surface area contributed by atoms with Crippen LogP contribution >= 0.6 is 0 Å². The fraction of sp³-hybridized carbons (Fsp3) is 0.600. The zero-order chi connectivity index (χ0) is 47.1. The van der Waals surface area contributed by atoms with E-state index in [2.05, 4.69) is 0 Å². The van der Waals surface area contributed by atoms with Gasteiger partial charge in [0.1, 0.15) is 0 Å². The van der Waals surface area contributed by atoms with Crippen molar-refractivity contribution in [2.24, 2.45) is 0 Å². The van der Waals surface area contributed by atoms with Gasteiger partial charge < -0.3 is 67.4 Å². The zero-order valence-corrected chi connectivity index (χ0v) is 38.2. The van der Waals surface area contributed by atoms with Crippen LogP contribution in [0.4, 0.5) is 0 Å². The van der Waals surface area contributed by atoms with Gasteiger partial charge in [-0.25, -0.2) is 0 Å². The molecule has 382 valence electrons. The van der Waals surface area contributed by atoms with Crippen LogP contribution in [0.15, 0.2) is 0 Å². The van der Waals surface area contributed by atoms with Crippen molar-refractivity contribution in [1.29, 1.82) is 0 Å². The second-order valence-electron chi connectivity index (χ2n) is 12.0. The van der Waals surface area contributed by atoms with Gasteiger partial charge in [0.05, 0.1) is 78.5 Å². The molecule has 0 saturated carbocycles. The summed E-state index contributed by atoms with van der Waals surface area (Å²) in [4.78, 5) is 133. The Labute approximate surface area is 410 Å². The van der Waals surface area contributed by atoms with E-state index in [4.69, 9.17) is 61.3 Å². The first-order valence-corrected chi connectivity index (χ1v) is 16.6. The molecule has 65 heavy (non-hydrogen) atoms. The van der Waals surface area contributed by atoms with E-state index in [0.29, 0.717) is 0 Å². The Morgan fingerprint density at radius 3 is 0.308 bits per heavy atom. The minimum atomic E-state index is -1.23. The maximum absolute atomic E-state index is 10.6. The van der Waals surface area contributed by atoms with Crippen LogP contribution in [0.25, 0.3) is 0 Å². The molecule has 31 nitrogen and oxygen atoms in total. The maximum atomic E-state index is 10.6. The van der Waals surface area contributed by atoms with Gasteiger partial charge in [-0.15, -0.1) is 0 Å². The summed E-state index contributed by atoms with van der Waals surface area (Å²) >= 11 is 0. The minimum absolute atomic E-state index is 0. The number of hydrogen-bond donors (Lipinski definition) is 13. The van der Waals surface area contributed by atoms with Crippen molar-refractivity contribution in [2.75, 3.05) is 118 Å². The zero-order valence-electron chi connectivity index (χ0n) is 33.8. The third-order valence-electron chi connectivity index (χ3n) is 6.50. The molecule has 35 heteroatoms. The van der Waals surface area contributed by atoms with Gasteiger partial charge in [0.25, 0.3) is 0 Å². The van der Waals surface area contributed by atoms with Gasteiger partial charge in [0.2, 0.25) is 0 Å². The summed E-state index contributed by atoms with van der Waals surface area (Å²) in [7, 11) is 0. The minimum Gasteiger partial charge on any atom is -0.480 e. The predicted molar refractivity (Wildman–Crippen MR) is 195 cm³/mol. The molecule has 0 fully saturated rings. The molecule has 15 N–H and O–H groups in total. The summed E-state index contributed by atoms with van der Waals surface area (Å²) in [5.41, 5.74) is 0. The van der Waals surface area contributed by atoms with Gasteiger partial charge in [-0.3, -0.25) is 86.9 Å². The van der Waals surface area contributed by atoms with Crippen molar-refractivity contribution < 1.29 is 187 Å². The third-order valence-corrected chi connectivity index (χ3v) is 6.50. The molecule has 0 radical (unpaired) electrons. The first-order valence-electron chi connectivity index (χ1n) is 16.6. The molecule has 0 aromatic heterocycles. The van der Waals surface area contributed by atoms with Gasteiger partial charge in [0.15, 0.2) is 0 Å². The number of rotatable bonds is 33. The number of aliphatic carboxylic acids is 12. The quantitative estimate of drug-likeness (QED) is 0.0272. The normalized spacial score (nSPS) is 9.88. The van der Waals surface area contributed by atoms with Gasteiger partial charge in [-0.2, -0.15) is 0 Å². The topological polar surface area (TPSA) is 502 Å². The number of hydrogen-bond acceptors (Lipinski definition) is 19. The molecule has 0 saturated heterocycles. The van der Waals surface area contributed by atoms with Crippen molar-refractivity contribution in [2.45, 2.75) is 0 Å². The molecular formula is C30H51Fe4N7O24. The van der Waals surface area contributed by atoms with Gasteiger partial charge >= 0.3 is 71.6 Å². The Morgan fingerprint density at radius 1 is 0.200 bits per heavy atom. The van der Waals surface area contributed by atoms with E-state index in [1.165, 1.54) is 0 Å². The van der Waals surface area contributed by atoms with Crippen LogP contribution in [0.3, 0.4) is 0 Å². The van der Waals surface area contributed by atoms with Crippen LogP contribution in [0.2, 0.25) is 0 Å². The number of carbonyl (C=O) groups is 12. The van der Waals surface area contributed by atoms with Gasteiger partial charge in [-0.1, -0.05) is 0 Å². The van der Waals surface area contributed by atoms with E-state index in [1.54, 1.807) is 0 Å². The van der Waals surface area contributed by atoms with E-state index in [-0.39, 0.29) is 114 Å². The summed E-state index contributed by atoms with van der Waals surface area (Å²) in [5, 5.41) is 103. The second-order valence-corrected chi connectivity index (χ2v) is 12.0. The number of carboxylic acid groups (broad SMARTS) is 12. The molecule has 0 spiro atoms.